The molecule has 1 aromatic rings. The van der Waals surface area contributed by atoms with E-state index in [1.807, 2.05) is 6.20 Å². The number of nitrogens with zero attached hydrogens (tertiary/aromatic N) is 1. The zero-order valence-corrected chi connectivity index (χ0v) is 23.9. The molecule has 1 aromatic heterocycles. The van der Waals surface area contributed by atoms with Crippen LogP contribution < -0.4 is 0 Å². The van der Waals surface area contributed by atoms with Crippen LogP contribution in [0.2, 0.25) is 0 Å². The van der Waals surface area contributed by atoms with Crippen molar-refractivity contribution in [3.63, 3.8) is 0 Å². The molecule has 0 saturated heterocycles. The Morgan fingerprint density at radius 2 is 1.72 bits per heavy atom. The number of hydrogen-bond acceptors (Lipinski definition) is 4. The molecule has 198 valence electrons. The monoisotopic (exact) mass is 493 g/mol. The van der Waals surface area contributed by atoms with E-state index in [9.17, 15) is 4.79 Å². The van der Waals surface area contributed by atoms with Crippen LogP contribution >= 0.6 is 0 Å². The Bertz CT molecular complexity index is 1130. The highest BCUT2D eigenvalue weighted by molar-refractivity contribution is 5.78. The van der Waals surface area contributed by atoms with Crippen molar-refractivity contribution >= 4 is 5.97 Å². The summed E-state index contributed by atoms with van der Waals surface area (Å²) in [6.07, 6.45) is 14.6. The lowest BCUT2D eigenvalue weighted by molar-refractivity contribution is -0.179. The number of esters is 1. The van der Waals surface area contributed by atoms with Crippen LogP contribution in [0.5, 0.6) is 0 Å². The van der Waals surface area contributed by atoms with E-state index in [2.05, 4.69) is 59.7 Å². The van der Waals surface area contributed by atoms with Gasteiger partial charge < -0.3 is 9.26 Å². The molecule has 0 aliphatic heterocycles. The van der Waals surface area contributed by atoms with Crippen molar-refractivity contribution in [2.75, 3.05) is 7.11 Å². The van der Waals surface area contributed by atoms with E-state index >= 15 is 0 Å². The van der Waals surface area contributed by atoms with Crippen LogP contribution in [-0.2, 0) is 21.4 Å². The molecule has 5 aliphatic carbocycles. The van der Waals surface area contributed by atoms with Crippen LogP contribution in [0.25, 0.3) is 0 Å². The van der Waals surface area contributed by atoms with Crippen LogP contribution in [-0.4, -0.2) is 18.2 Å². The first-order valence-corrected chi connectivity index (χ1v) is 14.5. The van der Waals surface area contributed by atoms with Crippen molar-refractivity contribution in [1.29, 1.82) is 0 Å². The van der Waals surface area contributed by atoms with Crippen LogP contribution in [0.4, 0.5) is 0 Å². The molecule has 0 amide bonds. The number of ether oxygens (including phenoxy) is 1. The van der Waals surface area contributed by atoms with Gasteiger partial charge in [-0.1, -0.05) is 65.3 Å². The average Bonchev–Trinajstić information content (AvgIpc) is 3.27. The van der Waals surface area contributed by atoms with Crippen LogP contribution in [0.3, 0.4) is 0 Å². The second kappa shape index (κ2) is 7.29. The molecule has 6 rings (SSSR count). The zero-order chi connectivity index (χ0) is 25.9. The van der Waals surface area contributed by atoms with E-state index in [0.29, 0.717) is 17.8 Å². The third-order valence-electron chi connectivity index (χ3n) is 13.2. The van der Waals surface area contributed by atoms with Crippen LogP contribution in [0.1, 0.15) is 111 Å². The van der Waals surface area contributed by atoms with Gasteiger partial charge in [0.2, 0.25) is 0 Å². The van der Waals surface area contributed by atoms with Gasteiger partial charge in [0.1, 0.15) is 5.76 Å². The highest BCUT2D eigenvalue weighted by Crippen LogP contribution is 2.75. The zero-order valence-electron chi connectivity index (χ0n) is 23.9. The molecule has 7 atom stereocenters. The number of fused-ring (bicyclic) bond motifs is 8. The van der Waals surface area contributed by atoms with Crippen LogP contribution in [0.15, 0.2) is 22.4 Å². The molecule has 3 saturated carbocycles. The van der Waals surface area contributed by atoms with E-state index in [1.165, 1.54) is 18.4 Å². The Labute approximate surface area is 218 Å². The second-order valence-electron chi connectivity index (χ2n) is 15.4. The fourth-order valence-corrected chi connectivity index (χ4v) is 11.1. The predicted molar refractivity (Wildman–Crippen MR) is 141 cm³/mol. The van der Waals surface area contributed by atoms with Crippen molar-refractivity contribution in [3.8, 4) is 0 Å². The van der Waals surface area contributed by atoms with E-state index in [0.717, 1.165) is 50.7 Å². The van der Waals surface area contributed by atoms with E-state index in [1.54, 1.807) is 12.7 Å². The highest BCUT2D eigenvalue weighted by Gasteiger charge is 2.69. The number of methoxy groups -OCH3 is 1. The van der Waals surface area contributed by atoms with Gasteiger partial charge in [-0.3, -0.25) is 4.79 Å². The molecule has 4 nitrogen and oxygen atoms in total. The van der Waals surface area contributed by atoms with Gasteiger partial charge in [0.05, 0.1) is 18.7 Å². The van der Waals surface area contributed by atoms with E-state index < -0.39 is 0 Å². The summed E-state index contributed by atoms with van der Waals surface area (Å²) in [4.78, 5) is 13.4. The molecule has 0 spiro atoms. The predicted octanol–water partition coefficient (Wildman–Crippen LogP) is 7.66. The third-order valence-corrected chi connectivity index (χ3v) is 13.2. The number of allylic oxidation sites excluding steroid dienone is 2. The Morgan fingerprint density at radius 3 is 2.44 bits per heavy atom. The molecule has 0 radical (unpaired) electrons. The molecule has 0 aromatic carbocycles. The van der Waals surface area contributed by atoms with E-state index in [-0.39, 0.29) is 38.5 Å². The highest BCUT2D eigenvalue weighted by atomic mass is 16.5. The topological polar surface area (TPSA) is 52.3 Å². The maximum absolute atomic E-state index is 13.4. The van der Waals surface area contributed by atoms with Crippen molar-refractivity contribution in [1.82, 2.24) is 5.16 Å². The molecule has 36 heavy (non-hydrogen) atoms. The smallest absolute Gasteiger partial charge is 0.312 e. The van der Waals surface area contributed by atoms with Gasteiger partial charge in [0.15, 0.2) is 0 Å². The molecule has 0 unspecified atom stereocenters. The molecule has 0 N–H and O–H groups in total. The van der Waals surface area contributed by atoms with Gasteiger partial charge in [-0.15, -0.1) is 0 Å². The van der Waals surface area contributed by atoms with Gasteiger partial charge in [0.25, 0.3) is 0 Å². The molecule has 4 heteroatoms. The van der Waals surface area contributed by atoms with Crippen molar-refractivity contribution in [3.05, 3.63) is 29.2 Å². The minimum absolute atomic E-state index is 0.00502. The standard InChI is InChI=1S/C32H47NO3/c1-27(2)13-15-32(26(34)35-8)16-14-30(6)21(22(32)18-27)9-10-24-29(5)17-20-19-33-36-25(20)28(3,4)23(29)11-12-31(24,30)7/h9,19,22-24H,10-18H2,1-8H3/t22-,23-,24+,29-,30+,31+,32-/m0/s1. The maximum Gasteiger partial charge on any atom is 0.312 e. The molecule has 1 heterocycles. The first kappa shape index (κ1) is 24.7. The Balaban J connectivity index is 1.46. The molecular formula is C32H47NO3. The van der Waals surface area contributed by atoms with Gasteiger partial charge in [0, 0.05) is 11.0 Å². The summed E-state index contributed by atoms with van der Waals surface area (Å²) in [5.74, 6) is 2.68. The Morgan fingerprint density at radius 1 is 1.00 bits per heavy atom. The summed E-state index contributed by atoms with van der Waals surface area (Å²) in [5.41, 5.74) is 3.42. The number of carbonyl (C=O) groups is 1. The lowest BCUT2D eigenvalue weighted by Gasteiger charge is -2.70. The molecule has 3 fully saturated rings. The van der Waals surface area contributed by atoms with Gasteiger partial charge in [-0.25, -0.2) is 0 Å². The number of aromatic nitrogens is 1. The summed E-state index contributed by atoms with van der Waals surface area (Å²) in [6, 6.07) is 0. The summed E-state index contributed by atoms with van der Waals surface area (Å²) >= 11 is 0. The first-order chi connectivity index (χ1) is 16.8. The van der Waals surface area contributed by atoms with Crippen molar-refractivity contribution in [2.24, 2.45) is 44.8 Å². The normalized spacial score (nSPS) is 46.2. The lowest BCUT2D eigenvalue weighted by Crippen LogP contribution is -2.64. The van der Waals surface area contributed by atoms with Gasteiger partial charge in [-0.05, 0) is 97.2 Å². The fraction of sp³-hybridized carbons (Fsp3) is 0.812. The number of carbonyl (C=O) groups excluding carboxylic acids is 1. The van der Waals surface area contributed by atoms with Crippen LogP contribution in [0, 0.1) is 44.8 Å². The maximum atomic E-state index is 13.4. The fourth-order valence-electron chi connectivity index (χ4n) is 11.1. The largest absolute Gasteiger partial charge is 0.469 e. The first-order valence-electron chi connectivity index (χ1n) is 14.5. The van der Waals surface area contributed by atoms with Crippen molar-refractivity contribution in [2.45, 2.75) is 112 Å². The average molecular weight is 494 g/mol. The third kappa shape index (κ3) is 2.83. The number of hydrogen-bond donors (Lipinski definition) is 0. The van der Waals surface area contributed by atoms with E-state index in [4.69, 9.17) is 9.26 Å². The minimum atomic E-state index is -0.329. The number of rotatable bonds is 1. The molecular weight excluding hydrogens is 446 g/mol. The quantitative estimate of drug-likeness (QED) is 0.298. The SMILES string of the molecule is COC(=O)[C@]12CCC(C)(C)C[C@H]1C1=CC[C@@H]3[C@@]4(C)Cc5cnoc5C(C)(C)[C@@H]4CC[C@@]3(C)[C@]1(C)CC2. The summed E-state index contributed by atoms with van der Waals surface area (Å²) in [5, 5.41) is 4.25. The lowest BCUT2D eigenvalue weighted by atomic mass is 9.33. The molecule has 5 aliphatic rings. The Kier molecular flexibility index (Phi) is 5.01. The van der Waals surface area contributed by atoms with Gasteiger partial charge >= 0.3 is 5.97 Å². The Hall–Kier alpha value is -1.58. The van der Waals surface area contributed by atoms with Gasteiger partial charge in [-0.2, -0.15) is 0 Å². The summed E-state index contributed by atoms with van der Waals surface area (Å²) in [7, 11) is 1.60. The summed E-state index contributed by atoms with van der Waals surface area (Å²) in [6.45, 7) is 17.4. The summed E-state index contributed by atoms with van der Waals surface area (Å²) < 4.78 is 11.4. The van der Waals surface area contributed by atoms with Crippen molar-refractivity contribution < 1.29 is 14.1 Å². The second-order valence-corrected chi connectivity index (χ2v) is 15.4. The minimum Gasteiger partial charge on any atom is -0.469 e. The molecule has 0 bridgehead atoms.